The molecule has 2 heterocycles. The van der Waals surface area contributed by atoms with E-state index in [2.05, 4.69) is 25.8 Å². The van der Waals surface area contributed by atoms with Crippen LogP contribution in [0.3, 0.4) is 0 Å². The van der Waals surface area contributed by atoms with Crippen LogP contribution < -0.4 is 10.1 Å². The molecule has 0 spiro atoms. The minimum atomic E-state index is -0.298. The number of H-pyrrole nitrogens is 1. The van der Waals surface area contributed by atoms with E-state index in [-0.39, 0.29) is 11.9 Å². The van der Waals surface area contributed by atoms with Crippen LogP contribution in [0.4, 0.5) is 0 Å². The molecule has 0 fully saturated rings. The molecule has 1 amide bonds. The van der Waals surface area contributed by atoms with Gasteiger partial charge in [-0.05, 0) is 42.5 Å². The van der Waals surface area contributed by atoms with E-state index in [0.717, 1.165) is 16.7 Å². The monoisotopic (exact) mass is 314 g/mol. The first-order chi connectivity index (χ1) is 11.1. The molecule has 0 aliphatic heterocycles. The van der Waals surface area contributed by atoms with Crippen LogP contribution >= 0.6 is 0 Å². The Balaban J connectivity index is 1.79. The maximum atomic E-state index is 12.4. The maximum Gasteiger partial charge on any atom is 0.268 e. The Kier molecular flexibility index (Phi) is 3.96. The lowest BCUT2D eigenvalue weighted by atomic mass is 10.2. The number of ether oxygens (including phenoxy) is 1. The van der Waals surface area contributed by atoms with E-state index < -0.39 is 0 Å². The number of aromatic nitrogens is 5. The average molecular weight is 314 g/mol. The molecule has 0 aliphatic carbocycles. The zero-order valence-electron chi connectivity index (χ0n) is 13.2. The van der Waals surface area contributed by atoms with E-state index in [1.807, 2.05) is 38.1 Å². The normalized spacial score (nSPS) is 12.3. The molecule has 0 unspecified atom stereocenters. The summed E-state index contributed by atoms with van der Waals surface area (Å²) in [6.07, 6.45) is 0. The molecular weight excluding hydrogens is 296 g/mol. The molecule has 0 radical (unpaired) electrons. The minimum absolute atomic E-state index is 0.213. The molecule has 8 nitrogen and oxygen atoms in total. The summed E-state index contributed by atoms with van der Waals surface area (Å²) in [4.78, 5) is 15.5. The molecule has 0 aliphatic rings. The number of carbonyl (C=O) groups excluding carboxylic acids is 1. The molecule has 3 rings (SSSR count). The van der Waals surface area contributed by atoms with E-state index in [1.54, 1.807) is 7.05 Å². The molecule has 120 valence electrons. The van der Waals surface area contributed by atoms with Crippen molar-refractivity contribution in [3.8, 4) is 5.75 Å². The van der Waals surface area contributed by atoms with Crippen molar-refractivity contribution in [3.05, 3.63) is 35.8 Å². The lowest BCUT2D eigenvalue weighted by molar-refractivity contribution is 0.0933. The Labute approximate surface area is 132 Å². The molecular formula is C15H18N6O2. The SMILES string of the molecule is CCOc1ccc2cc(C(=O)N[C@H](C)c3nnnn3C)[nH]c2c1. The number of amides is 1. The van der Waals surface area contributed by atoms with Crippen LogP contribution in [-0.4, -0.2) is 37.7 Å². The van der Waals surface area contributed by atoms with Crippen LogP contribution in [0.15, 0.2) is 24.3 Å². The number of aromatic amines is 1. The standard InChI is InChI=1S/C15H18N6O2/c1-4-23-11-6-5-10-7-13(17-12(10)8-11)15(22)16-9(2)14-18-19-20-21(14)3/h5-9,17H,4H2,1-3H3,(H,16,22)/t9-/m1/s1. The molecule has 23 heavy (non-hydrogen) atoms. The predicted molar refractivity (Wildman–Crippen MR) is 84.1 cm³/mol. The highest BCUT2D eigenvalue weighted by Crippen LogP contribution is 2.22. The second-order valence-corrected chi connectivity index (χ2v) is 5.22. The Bertz CT molecular complexity index is 837. The highest BCUT2D eigenvalue weighted by atomic mass is 16.5. The first kappa shape index (κ1) is 15.0. The summed E-state index contributed by atoms with van der Waals surface area (Å²) < 4.78 is 7.00. The van der Waals surface area contributed by atoms with Crippen LogP contribution in [0.25, 0.3) is 10.9 Å². The average Bonchev–Trinajstić information content (AvgIpc) is 3.13. The highest BCUT2D eigenvalue weighted by molar-refractivity contribution is 5.98. The number of rotatable bonds is 5. The van der Waals surface area contributed by atoms with Gasteiger partial charge in [0.05, 0.1) is 12.6 Å². The third-order valence-corrected chi connectivity index (χ3v) is 3.54. The van der Waals surface area contributed by atoms with E-state index in [0.29, 0.717) is 18.1 Å². The molecule has 1 aromatic carbocycles. The van der Waals surface area contributed by atoms with Gasteiger partial charge in [0.2, 0.25) is 0 Å². The number of nitrogens with zero attached hydrogens (tertiary/aromatic N) is 4. The largest absolute Gasteiger partial charge is 0.494 e. The summed E-state index contributed by atoms with van der Waals surface area (Å²) in [5.41, 5.74) is 1.34. The number of hydrogen-bond acceptors (Lipinski definition) is 5. The van der Waals surface area contributed by atoms with Crippen molar-refractivity contribution in [1.29, 1.82) is 0 Å². The molecule has 0 bridgehead atoms. The Morgan fingerprint density at radius 2 is 2.26 bits per heavy atom. The fourth-order valence-corrected chi connectivity index (χ4v) is 2.43. The fraction of sp³-hybridized carbons (Fsp3) is 0.333. The van der Waals surface area contributed by atoms with Crippen molar-refractivity contribution in [2.24, 2.45) is 7.05 Å². The van der Waals surface area contributed by atoms with Crippen molar-refractivity contribution in [1.82, 2.24) is 30.5 Å². The van der Waals surface area contributed by atoms with Gasteiger partial charge in [0.1, 0.15) is 11.4 Å². The van der Waals surface area contributed by atoms with Gasteiger partial charge >= 0.3 is 0 Å². The van der Waals surface area contributed by atoms with E-state index in [9.17, 15) is 4.79 Å². The van der Waals surface area contributed by atoms with Gasteiger partial charge in [-0.25, -0.2) is 4.68 Å². The molecule has 0 saturated carbocycles. The van der Waals surface area contributed by atoms with Gasteiger partial charge in [-0.2, -0.15) is 0 Å². The van der Waals surface area contributed by atoms with E-state index in [1.165, 1.54) is 4.68 Å². The molecule has 0 saturated heterocycles. The number of aryl methyl sites for hydroxylation is 1. The first-order valence-corrected chi connectivity index (χ1v) is 7.37. The van der Waals surface area contributed by atoms with Crippen molar-refractivity contribution in [2.75, 3.05) is 6.61 Å². The Hall–Kier alpha value is -2.90. The van der Waals surface area contributed by atoms with Crippen molar-refractivity contribution < 1.29 is 9.53 Å². The van der Waals surface area contributed by atoms with Crippen molar-refractivity contribution in [3.63, 3.8) is 0 Å². The summed E-state index contributed by atoms with van der Waals surface area (Å²) >= 11 is 0. The topological polar surface area (TPSA) is 97.7 Å². The Morgan fingerprint density at radius 1 is 1.43 bits per heavy atom. The number of fused-ring (bicyclic) bond motifs is 1. The number of benzene rings is 1. The Morgan fingerprint density at radius 3 is 2.96 bits per heavy atom. The summed E-state index contributed by atoms with van der Waals surface area (Å²) in [6.45, 7) is 4.36. The summed E-state index contributed by atoms with van der Waals surface area (Å²) in [7, 11) is 1.73. The lowest BCUT2D eigenvalue weighted by Gasteiger charge is -2.11. The van der Waals surface area contributed by atoms with Crippen LogP contribution in [0.2, 0.25) is 0 Å². The number of hydrogen-bond donors (Lipinski definition) is 2. The number of nitrogens with one attached hydrogen (secondary N) is 2. The van der Waals surface area contributed by atoms with Gasteiger partial charge in [0.25, 0.3) is 5.91 Å². The van der Waals surface area contributed by atoms with E-state index >= 15 is 0 Å². The lowest BCUT2D eigenvalue weighted by Crippen LogP contribution is -2.28. The zero-order chi connectivity index (χ0) is 16.4. The molecule has 8 heteroatoms. The van der Waals surface area contributed by atoms with Gasteiger partial charge in [0, 0.05) is 24.0 Å². The van der Waals surface area contributed by atoms with Gasteiger partial charge < -0.3 is 15.0 Å². The smallest absolute Gasteiger partial charge is 0.268 e. The zero-order valence-corrected chi connectivity index (χ0v) is 13.2. The molecule has 2 aromatic heterocycles. The van der Waals surface area contributed by atoms with Gasteiger partial charge in [-0.1, -0.05) is 0 Å². The van der Waals surface area contributed by atoms with Gasteiger partial charge in [0.15, 0.2) is 5.82 Å². The second kappa shape index (κ2) is 6.07. The van der Waals surface area contributed by atoms with Crippen LogP contribution in [0.5, 0.6) is 5.75 Å². The van der Waals surface area contributed by atoms with Gasteiger partial charge in [-0.3, -0.25) is 4.79 Å². The molecule has 1 atom stereocenters. The molecule has 2 N–H and O–H groups in total. The number of carbonyl (C=O) groups is 1. The van der Waals surface area contributed by atoms with E-state index in [4.69, 9.17) is 4.74 Å². The first-order valence-electron chi connectivity index (χ1n) is 7.37. The summed E-state index contributed by atoms with van der Waals surface area (Å²) in [5, 5.41) is 15.1. The van der Waals surface area contributed by atoms with Crippen LogP contribution in [0.1, 0.15) is 36.2 Å². The third-order valence-electron chi connectivity index (χ3n) is 3.54. The quantitative estimate of drug-likeness (QED) is 0.745. The van der Waals surface area contributed by atoms with Crippen LogP contribution in [-0.2, 0) is 7.05 Å². The second-order valence-electron chi connectivity index (χ2n) is 5.22. The van der Waals surface area contributed by atoms with Crippen molar-refractivity contribution in [2.45, 2.75) is 19.9 Å². The van der Waals surface area contributed by atoms with Crippen molar-refractivity contribution >= 4 is 16.8 Å². The number of tetrazole rings is 1. The fourth-order valence-electron chi connectivity index (χ4n) is 2.43. The summed E-state index contributed by atoms with van der Waals surface area (Å²) in [6, 6.07) is 7.19. The maximum absolute atomic E-state index is 12.4. The van der Waals surface area contributed by atoms with Crippen LogP contribution in [0, 0.1) is 0 Å². The predicted octanol–water partition coefficient (Wildman–Crippen LogP) is 1.58. The highest BCUT2D eigenvalue weighted by Gasteiger charge is 2.17. The summed E-state index contributed by atoms with van der Waals surface area (Å²) in [5.74, 6) is 1.15. The minimum Gasteiger partial charge on any atom is -0.494 e. The van der Waals surface area contributed by atoms with Gasteiger partial charge in [-0.15, -0.1) is 5.10 Å². The molecule has 3 aromatic rings. The third kappa shape index (κ3) is 3.01.